The lowest BCUT2D eigenvalue weighted by atomic mass is 10.2. The molecule has 1 amide bonds. The topological polar surface area (TPSA) is 49.3 Å². The summed E-state index contributed by atoms with van der Waals surface area (Å²) in [5, 5.41) is 0.682. The first kappa shape index (κ1) is 16.9. The van der Waals surface area contributed by atoms with Crippen molar-refractivity contribution >= 4 is 33.3 Å². The third-order valence-electron chi connectivity index (χ3n) is 4.29. The van der Waals surface area contributed by atoms with Crippen molar-refractivity contribution in [2.75, 3.05) is 31.1 Å². The highest BCUT2D eigenvalue weighted by molar-refractivity contribution is 7.18. The maximum atomic E-state index is 13.1. The Morgan fingerprint density at radius 3 is 2.29 bits per heavy atom. The first-order chi connectivity index (χ1) is 11.2. The van der Waals surface area contributed by atoms with Crippen LogP contribution in [-0.4, -0.2) is 47.0 Å². The third kappa shape index (κ3) is 2.92. The predicted octanol–water partition coefficient (Wildman–Crippen LogP) is 3.00. The number of alkyl halides is 3. The second-order valence-corrected chi connectivity index (χ2v) is 7.03. The number of thiophene rings is 1. The fraction of sp³-hybridized carbons (Fsp3) is 0.533. The van der Waals surface area contributed by atoms with Gasteiger partial charge in [0.05, 0.1) is 5.39 Å². The minimum absolute atomic E-state index is 0.0268. The standard InChI is InChI=1S/C15H17F3N4OS/c1-8-9(2)24-13-11(8)12(19-14(20-13)15(16,17)18)22-6-4-21(5-7-22)10(3)23/h4-7H2,1-3H3. The summed E-state index contributed by atoms with van der Waals surface area (Å²) in [6.45, 7) is 7.10. The number of hydrogen-bond donors (Lipinski definition) is 0. The third-order valence-corrected chi connectivity index (χ3v) is 5.39. The number of fused-ring (bicyclic) bond motifs is 1. The highest BCUT2D eigenvalue weighted by atomic mass is 32.1. The second kappa shape index (κ2) is 5.87. The SMILES string of the molecule is CC(=O)N1CCN(c2nc(C(F)(F)F)nc3sc(C)c(C)c23)CC1. The zero-order valence-electron chi connectivity index (χ0n) is 13.6. The number of anilines is 1. The molecule has 1 saturated heterocycles. The van der Waals surface area contributed by atoms with Crippen LogP contribution in [-0.2, 0) is 11.0 Å². The minimum atomic E-state index is -4.59. The smallest absolute Gasteiger partial charge is 0.352 e. The van der Waals surface area contributed by atoms with Gasteiger partial charge in [-0.25, -0.2) is 9.97 Å². The maximum Gasteiger partial charge on any atom is 0.451 e. The van der Waals surface area contributed by atoms with Gasteiger partial charge in [0, 0.05) is 38.0 Å². The Balaban J connectivity index is 2.07. The lowest BCUT2D eigenvalue weighted by molar-refractivity contribution is -0.144. The van der Waals surface area contributed by atoms with E-state index in [2.05, 4.69) is 9.97 Å². The van der Waals surface area contributed by atoms with Crippen molar-refractivity contribution in [3.63, 3.8) is 0 Å². The zero-order valence-corrected chi connectivity index (χ0v) is 14.4. The highest BCUT2D eigenvalue weighted by Crippen LogP contribution is 2.38. The van der Waals surface area contributed by atoms with Crippen molar-refractivity contribution < 1.29 is 18.0 Å². The fourth-order valence-electron chi connectivity index (χ4n) is 2.82. The Kier molecular flexibility index (Phi) is 4.15. The first-order valence-electron chi connectivity index (χ1n) is 7.54. The maximum absolute atomic E-state index is 13.1. The van der Waals surface area contributed by atoms with E-state index in [9.17, 15) is 18.0 Å². The van der Waals surface area contributed by atoms with Crippen LogP contribution in [0.3, 0.4) is 0 Å². The van der Waals surface area contributed by atoms with E-state index in [1.165, 1.54) is 18.3 Å². The zero-order chi connectivity index (χ0) is 17.6. The van der Waals surface area contributed by atoms with Gasteiger partial charge in [-0.15, -0.1) is 11.3 Å². The van der Waals surface area contributed by atoms with Crippen molar-refractivity contribution in [1.82, 2.24) is 14.9 Å². The quantitative estimate of drug-likeness (QED) is 0.786. The number of carbonyl (C=O) groups excluding carboxylic acids is 1. The van der Waals surface area contributed by atoms with Crippen molar-refractivity contribution in [1.29, 1.82) is 0 Å². The molecule has 0 aromatic carbocycles. The average molecular weight is 358 g/mol. The van der Waals surface area contributed by atoms with E-state index in [1.807, 2.05) is 18.7 Å². The van der Waals surface area contributed by atoms with E-state index in [0.717, 1.165) is 10.4 Å². The van der Waals surface area contributed by atoms with E-state index in [4.69, 9.17) is 0 Å². The molecule has 1 fully saturated rings. The molecule has 24 heavy (non-hydrogen) atoms. The number of piperazine rings is 1. The Morgan fingerprint density at radius 2 is 1.75 bits per heavy atom. The second-order valence-electron chi connectivity index (χ2n) is 5.83. The van der Waals surface area contributed by atoms with E-state index < -0.39 is 12.0 Å². The molecule has 3 rings (SSSR count). The molecule has 0 atom stereocenters. The van der Waals surface area contributed by atoms with Gasteiger partial charge in [0.25, 0.3) is 0 Å². The molecule has 0 aliphatic carbocycles. The van der Waals surface area contributed by atoms with Crippen LogP contribution in [0.4, 0.5) is 19.0 Å². The molecular formula is C15H17F3N4OS. The molecule has 0 spiro atoms. The fourth-order valence-corrected chi connectivity index (χ4v) is 3.84. The molecule has 0 unspecified atom stereocenters. The summed E-state index contributed by atoms with van der Waals surface area (Å²) in [5.41, 5.74) is 0.910. The lowest BCUT2D eigenvalue weighted by Crippen LogP contribution is -2.48. The number of aromatic nitrogens is 2. The minimum Gasteiger partial charge on any atom is -0.352 e. The highest BCUT2D eigenvalue weighted by Gasteiger charge is 2.37. The van der Waals surface area contributed by atoms with E-state index in [-0.39, 0.29) is 5.91 Å². The van der Waals surface area contributed by atoms with Crippen LogP contribution >= 0.6 is 11.3 Å². The van der Waals surface area contributed by atoms with Gasteiger partial charge >= 0.3 is 6.18 Å². The van der Waals surface area contributed by atoms with E-state index >= 15 is 0 Å². The Bertz CT molecular complexity index is 794. The summed E-state index contributed by atoms with van der Waals surface area (Å²) >= 11 is 1.25. The molecule has 0 saturated carbocycles. The molecule has 0 N–H and O–H groups in total. The summed E-state index contributed by atoms with van der Waals surface area (Å²) in [4.78, 5) is 23.8. The summed E-state index contributed by atoms with van der Waals surface area (Å²) < 4.78 is 39.4. The molecule has 9 heteroatoms. The Labute approximate surface area is 141 Å². The largest absolute Gasteiger partial charge is 0.451 e. The average Bonchev–Trinajstić information content (AvgIpc) is 2.80. The van der Waals surface area contributed by atoms with Crippen molar-refractivity contribution in [3.8, 4) is 0 Å². The number of nitrogens with zero attached hydrogens (tertiary/aromatic N) is 4. The van der Waals surface area contributed by atoms with Gasteiger partial charge in [-0.05, 0) is 19.4 Å². The van der Waals surface area contributed by atoms with Crippen LogP contribution in [0.15, 0.2) is 0 Å². The van der Waals surface area contributed by atoms with Crippen LogP contribution in [0.2, 0.25) is 0 Å². The number of halogens is 3. The molecule has 3 heterocycles. The normalized spacial score (nSPS) is 16.1. The van der Waals surface area contributed by atoms with Crippen LogP contribution in [0.1, 0.15) is 23.2 Å². The lowest BCUT2D eigenvalue weighted by Gasteiger charge is -2.35. The number of aryl methyl sites for hydroxylation is 2. The number of rotatable bonds is 1. The van der Waals surface area contributed by atoms with Gasteiger partial charge in [0.15, 0.2) is 0 Å². The van der Waals surface area contributed by atoms with Crippen molar-refractivity contribution in [2.45, 2.75) is 26.9 Å². The number of carbonyl (C=O) groups is 1. The molecule has 5 nitrogen and oxygen atoms in total. The molecule has 0 radical (unpaired) electrons. The Morgan fingerprint density at radius 1 is 1.12 bits per heavy atom. The van der Waals surface area contributed by atoms with Crippen LogP contribution < -0.4 is 4.90 Å². The first-order valence-corrected chi connectivity index (χ1v) is 8.35. The van der Waals surface area contributed by atoms with Crippen molar-refractivity contribution in [3.05, 3.63) is 16.3 Å². The Hall–Kier alpha value is -1.90. The van der Waals surface area contributed by atoms with Gasteiger partial charge in [-0.1, -0.05) is 0 Å². The number of amides is 1. The number of hydrogen-bond acceptors (Lipinski definition) is 5. The van der Waals surface area contributed by atoms with Gasteiger partial charge in [0.2, 0.25) is 11.7 Å². The summed E-state index contributed by atoms with van der Waals surface area (Å²) in [6.07, 6.45) is -4.59. The molecular weight excluding hydrogens is 341 g/mol. The van der Waals surface area contributed by atoms with Gasteiger partial charge in [0.1, 0.15) is 10.6 Å². The van der Waals surface area contributed by atoms with Crippen LogP contribution in [0.25, 0.3) is 10.2 Å². The van der Waals surface area contributed by atoms with Crippen LogP contribution in [0.5, 0.6) is 0 Å². The monoisotopic (exact) mass is 358 g/mol. The summed E-state index contributed by atoms with van der Waals surface area (Å²) in [7, 11) is 0. The van der Waals surface area contributed by atoms with Gasteiger partial charge < -0.3 is 9.80 Å². The molecule has 2 aromatic heterocycles. The summed E-state index contributed by atoms with van der Waals surface area (Å²) in [6, 6.07) is 0. The van der Waals surface area contributed by atoms with Crippen LogP contribution in [0, 0.1) is 13.8 Å². The van der Waals surface area contributed by atoms with Crippen molar-refractivity contribution in [2.24, 2.45) is 0 Å². The van der Waals surface area contributed by atoms with E-state index in [0.29, 0.717) is 42.2 Å². The molecule has 0 bridgehead atoms. The predicted molar refractivity (Wildman–Crippen MR) is 86.4 cm³/mol. The van der Waals surface area contributed by atoms with Gasteiger partial charge in [-0.2, -0.15) is 13.2 Å². The molecule has 1 aliphatic heterocycles. The molecule has 130 valence electrons. The van der Waals surface area contributed by atoms with E-state index in [1.54, 1.807) is 4.90 Å². The molecule has 2 aromatic rings. The van der Waals surface area contributed by atoms with Gasteiger partial charge in [-0.3, -0.25) is 4.79 Å². The summed E-state index contributed by atoms with van der Waals surface area (Å²) in [5.74, 6) is -0.821. The molecule has 1 aliphatic rings.